The van der Waals surface area contributed by atoms with Crippen LogP contribution < -0.4 is 10.5 Å². The molecule has 1 aromatic carbocycles. The van der Waals surface area contributed by atoms with Gasteiger partial charge in [-0.2, -0.15) is 11.8 Å². The van der Waals surface area contributed by atoms with Crippen LogP contribution in [0.2, 0.25) is 0 Å². The van der Waals surface area contributed by atoms with Gasteiger partial charge >= 0.3 is 0 Å². The zero-order chi connectivity index (χ0) is 12.7. The fourth-order valence-electron chi connectivity index (χ4n) is 1.42. The van der Waals surface area contributed by atoms with Gasteiger partial charge in [0.05, 0.1) is 22.8 Å². The van der Waals surface area contributed by atoms with E-state index in [0.717, 1.165) is 22.8 Å². The number of rotatable bonds is 7. The molecule has 0 fully saturated rings. The van der Waals surface area contributed by atoms with Gasteiger partial charge in [0.15, 0.2) is 0 Å². The first-order valence-corrected chi connectivity index (χ1v) is 8.06. The second kappa shape index (κ2) is 7.61. The maximum Gasteiger partial charge on any atom is 0.137 e. The average molecular weight is 273 g/mol. The van der Waals surface area contributed by atoms with Gasteiger partial charge in [-0.05, 0) is 30.1 Å². The van der Waals surface area contributed by atoms with Gasteiger partial charge in [0, 0.05) is 17.5 Å². The predicted octanol–water partition coefficient (Wildman–Crippen LogP) is 2.53. The highest BCUT2D eigenvalue weighted by atomic mass is 32.2. The Hall–Kier alpha value is -0.680. The summed E-state index contributed by atoms with van der Waals surface area (Å²) in [6.07, 6.45) is 0.957. The third kappa shape index (κ3) is 4.60. The molecule has 0 aromatic heterocycles. The quantitative estimate of drug-likeness (QED) is 0.612. The summed E-state index contributed by atoms with van der Waals surface area (Å²) in [5.74, 6) is 3.46. The first-order valence-electron chi connectivity index (χ1n) is 5.58. The number of anilines is 1. The number of hydrogen-bond donors (Lipinski definition) is 1. The Kier molecular flexibility index (Phi) is 6.44. The molecule has 1 unspecified atom stereocenters. The van der Waals surface area contributed by atoms with E-state index in [4.69, 9.17) is 10.5 Å². The molecule has 0 aliphatic rings. The van der Waals surface area contributed by atoms with E-state index >= 15 is 0 Å². The smallest absolute Gasteiger partial charge is 0.137 e. The van der Waals surface area contributed by atoms with Crippen molar-refractivity contribution in [2.24, 2.45) is 0 Å². The van der Waals surface area contributed by atoms with Crippen molar-refractivity contribution in [1.82, 2.24) is 0 Å². The van der Waals surface area contributed by atoms with Crippen LogP contribution in [0.4, 0.5) is 5.69 Å². The van der Waals surface area contributed by atoms with E-state index in [1.807, 2.05) is 11.8 Å². The molecule has 0 radical (unpaired) electrons. The summed E-state index contributed by atoms with van der Waals surface area (Å²) in [7, 11) is 0.571. The minimum atomic E-state index is -1.00. The largest absolute Gasteiger partial charge is 0.495 e. The first-order chi connectivity index (χ1) is 8.19. The van der Waals surface area contributed by atoms with Crippen LogP contribution in [-0.4, -0.2) is 28.6 Å². The molecule has 0 bridgehead atoms. The Morgan fingerprint density at radius 1 is 1.47 bits per heavy atom. The summed E-state index contributed by atoms with van der Waals surface area (Å²) in [5, 5.41) is 0. The molecule has 0 heterocycles. The Morgan fingerprint density at radius 3 is 2.88 bits per heavy atom. The molecular formula is C12H19NO2S2. The summed E-state index contributed by atoms with van der Waals surface area (Å²) in [6, 6.07) is 5.27. The van der Waals surface area contributed by atoms with Crippen LogP contribution in [0.15, 0.2) is 23.1 Å². The van der Waals surface area contributed by atoms with Crippen molar-refractivity contribution >= 4 is 28.2 Å². The highest BCUT2D eigenvalue weighted by molar-refractivity contribution is 7.99. The van der Waals surface area contributed by atoms with Crippen molar-refractivity contribution in [3.8, 4) is 5.75 Å². The number of nitrogens with two attached hydrogens (primary N) is 1. The number of methoxy groups -OCH3 is 1. The van der Waals surface area contributed by atoms with Crippen LogP contribution in [0.25, 0.3) is 0 Å². The van der Waals surface area contributed by atoms with Gasteiger partial charge in [-0.1, -0.05) is 6.92 Å². The normalized spacial score (nSPS) is 12.4. The van der Waals surface area contributed by atoms with Gasteiger partial charge in [0.1, 0.15) is 5.75 Å². The lowest BCUT2D eigenvalue weighted by Gasteiger charge is -2.08. The van der Waals surface area contributed by atoms with Gasteiger partial charge < -0.3 is 10.5 Å². The van der Waals surface area contributed by atoms with Crippen molar-refractivity contribution in [2.75, 3.05) is 30.1 Å². The van der Waals surface area contributed by atoms with Gasteiger partial charge in [-0.25, -0.2) is 0 Å². The summed E-state index contributed by atoms with van der Waals surface area (Å²) in [5.41, 5.74) is 6.29. The average Bonchev–Trinajstić information content (AvgIpc) is 2.34. The van der Waals surface area contributed by atoms with E-state index in [9.17, 15) is 4.21 Å². The molecular weight excluding hydrogens is 254 g/mol. The fourth-order valence-corrected chi connectivity index (χ4v) is 3.45. The Balaban J connectivity index is 2.62. The zero-order valence-electron chi connectivity index (χ0n) is 10.3. The van der Waals surface area contributed by atoms with Gasteiger partial charge in [0.25, 0.3) is 0 Å². The first kappa shape index (κ1) is 14.4. The minimum absolute atomic E-state index is 0.617. The minimum Gasteiger partial charge on any atom is -0.495 e. The van der Waals surface area contributed by atoms with Crippen LogP contribution >= 0.6 is 11.8 Å². The Bertz CT molecular complexity index is 383. The van der Waals surface area contributed by atoms with Crippen molar-refractivity contribution in [2.45, 2.75) is 18.2 Å². The molecule has 3 nitrogen and oxygen atoms in total. The lowest BCUT2D eigenvalue weighted by Crippen LogP contribution is -2.02. The molecule has 2 N–H and O–H groups in total. The summed E-state index contributed by atoms with van der Waals surface area (Å²) >= 11 is 1.87. The van der Waals surface area contributed by atoms with Gasteiger partial charge in [-0.15, -0.1) is 0 Å². The van der Waals surface area contributed by atoms with E-state index in [1.54, 1.807) is 25.3 Å². The van der Waals surface area contributed by atoms with E-state index in [1.165, 1.54) is 0 Å². The molecule has 0 aliphatic heterocycles. The molecule has 17 heavy (non-hydrogen) atoms. The van der Waals surface area contributed by atoms with Crippen LogP contribution in [0.5, 0.6) is 5.75 Å². The number of ether oxygens (including phenoxy) is 1. The molecule has 1 aromatic rings. The molecule has 96 valence electrons. The summed E-state index contributed by atoms with van der Waals surface area (Å²) in [4.78, 5) is 0.739. The topological polar surface area (TPSA) is 52.3 Å². The fraction of sp³-hybridized carbons (Fsp3) is 0.500. The monoisotopic (exact) mass is 273 g/mol. The molecule has 0 saturated carbocycles. The van der Waals surface area contributed by atoms with Gasteiger partial charge in [-0.3, -0.25) is 4.21 Å². The molecule has 0 amide bonds. The van der Waals surface area contributed by atoms with Crippen LogP contribution in [0, 0.1) is 0 Å². The number of thioether (sulfide) groups is 1. The Labute approximate surface area is 110 Å². The van der Waals surface area contributed by atoms with Gasteiger partial charge in [0.2, 0.25) is 0 Å². The second-order valence-corrected chi connectivity index (χ2v) is 6.44. The molecule has 0 spiro atoms. The molecule has 0 aliphatic carbocycles. The van der Waals surface area contributed by atoms with Crippen LogP contribution in [-0.2, 0) is 10.8 Å². The van der Waals surface area contributed by atoms with Crippen LogP contribution in [0.3, 0.4) is 0 Å². The number of hydrogen-bond acceptors (Lipinski definition) is 4. The third-order valence-electron chi connectivity index (χ3n) is 2.26. The van der Waals surface area contributed by atoms with Crippen molar-refractivity contribution in [3.63, 3.8) is 0 Å². The zero-order valence-corrected chi connectivity index (χ0v) is 11.9. The molecule has 1 atom stereocenters. The highest BCUT2D eigenvalue weighted by Crippen LogP contribution is 2.25. The van der Waals surface area contributed by atoms with E-state index in [2.05, 4.69) is 6.92 Å². The highest BCUT2D eigenvalue weighted by Gasteiger charge is 2.10. The van der Waals surface area contributed by atoms with E-state index in [-0.39, 0.29) is 0 Å². The lowest BCUT2D eigenvalue weighted by molar-refractivity contribution is 0.404. The van der Waals surface area contributed by atoms with Crippen molar-refractivity contribution in [3.05, 3.63) is 18.2 Å². The van der Waals surface area contributed by atoms with Crippen molar-refractivity contribution < 1.29 is 8.95 Å². The standard InChI is InChI=1S/C12H19NO2S2/c1-3-16-7-4-8-17(14)12-6-5-10(13)9-11(12)15-2/h5-6,9H,3-4,7-8,13H2,1-2H3. The third-order valence-corrected chi connectivity index (χ3v) is 4.73. The molecule has 0 saturated heterocycles. The lowest BCUT2D eigenvalue weighted by atomic mass is 10.3. The van der Waals surface area contributed by atoms with E-state index in [0.29, 0.717) is 17.2 Å². The number of benzene rings is 1. The number of nitrogen functional groups attached to an aromatic ring is 1. The SMILES string of the molecule is CCSCCCS(=O)c1ccc(N)cc1OC. The Morgan fingerprint density at radius 2 is 2.24 bits per heavy atom. The second-order valence-electron chi connectivity index (χ2n) is 3.51. The van der Waals surface area contributed by atoms with Crippen LogP contribution in [0.1, 0.15) is 13.3 Å². The van der Waals surface area contributed by atoms with Crippen molar-refractivity contribution in [1.29, 1.82) is 0 Å². The maximum atomic E-state index is 12.1. The van der Waals surface area contributed by atoms with E-state index < -0.39 is 10.8 Å². The maximum absolute atomic E-state index is 12.1. The summed E-state index contributed by atoms with van der Waals surface area (Å²) in [6.45, 7) is 2.13. The molecule has 1 rings (SSSR count). The summed E-state index contributed by atoms with van der Waals surface area (Å²) < 4.78 is 17.3. The molecule has 5 heteroatoms. The predicted molar refractivity (Wildman–Crippen MR) is 76.3 cm³/mol.